The summed E-state index contributed by atoms with van der Waals surface area (Å²) in [4.78, 5) is 19.5. The minimum Gasteiger partial charge on any atom is -0.461 e. The van der Waals surface area contributed by atoms with Gasteiger partial charge in [-0.25, -0.2) is 14.3 Å². The fourth-order valence-corrected chi connectivity index (χ4v) is 5.20. The Labute approximate surface area is 199 Å². The number of hydrogen-bond donors (Lipinski definition) is 0. The lowest BCUT2D eigenvalue weighted by atomic mass is 9.84. The molecule has 2 saturated heterocycles. The van der Waals surface area contributed by atoms with Crippen molar-refractivity contribution in [2.24, 2.45) is 5.92 Å². The van der Waals surface area contributed by atoms with Gasteiger partial charge in [-0.15, -0.1) is 0 Å². The Morgan fingerprint density at radius 1 is 1.09 bits per heavy atom. The normalized spacial score (nSPS) is 21.4. The van der Waals surface area contributed by atoms with Crippen molar-refractivity contribution in [3.05, 3.63) is 52.8 Å². The highest BCUT2D eigenvalue weighted by Crippen LogP contribution is 2.33. The number of hydrogen-bond acceptors (Lipinski definition) is 5. The van der Waals surface area contributed by atoms with Crippen LogP contribution in [-0.4, -0.2) is 51.2 Å². The van der Waals surface area contributed by atoms with Crippen LogP contribution in [0.3, 0.4) is 0 Å². The van der Waals surface area contributed by atoms with Gasteiger partial charge in [-0.2, -0.15) is 18.3 Å². The number of halogens is 4. The molecule has 2 atom stereocenters. The third kappa shape index (κ3) is 4.63. The van der Waals surface area contributed by atoms with Crippen molar-refractivity contribution in [3.8, 4) is 11.3 Å². The minimum absolute atomic E-state index is 0.0807. The Morgan fingerprint density at radius 3 is 2.62 bits per heavy atom. The number of rotatable bonds is 4. The molecule has 0 amide bonds. The van der Waals surface area contributed by atoms with Crippen LogP contribution in [0.25, 0.3) is 16.9 Å². The van der Waals surface area contributed by atoms with Gasteiger partial charge in [-0.3, -0.25) is 4.90 Å². The second-order valence-electron chi connectivity index (χ2n) is 8.93. The van der Waals surface area contributed by atoms with Crippen molar-refractivity contribution in [1.82, 2.24) is 19.5 Å². The van der Waals surface area contributed by atoms with Crippen molar-refractivity contribution in [2.75, 3.05) is 19.7 Å². The van der Waals surface area contributed by atoms with Crippen molar-refractivity contribution >= 4 is 23.2 Å². The van der Waals surface area contributed by atoms with Crippen LogP contribution in [0.5, 0.6) is 0 Å². The lowest BCUT2D eigenvalue weighted by molar-refractivity contribution is -0.142. The van der Waals surface area contributed by atoms with Crippen molar-refractivity contribution in [2.45, 2.75) is 44.3 Å². The molecule has 34 heavy (non-hydrogen) atoms. The average Bonchev–Trinajstić information content (AvgIpc) is 3.26. The molecule has 0 bridgehead atoms. The highest BCUT2D eigenvalue weighted by molar-refractivity contribution is 6.30. The van der Waals surface area contributed by atoms with Crippen LogP contribution in [-0.2, 0) is 10.9 Å². The maximum Gasteiger partial charge on any atom is 0.433 e. The predicted octanol–water partition coefficient (Wildman–Crippen LogP) is 5.49. The molecule has 0 saturated carbocycles. The van der Waals surface area contributed by atoms with Crippen LogP contribution in [0.2, 0.25) is 5.02 Å². The van der Waals surface area contributed by atoms with Crippen LogP contribution in [0.15, 0.2) is 36.4 Å². The molecular weight excluding hydrogens is 469 g/mol. The quantitative estimate of drug-likeness (QED) is 0.451. The smallest absolute Gasteiger partial charge is 0.433 e. The average molecular weight is 493 g/mol. The van der Waals surface area contributed by atoms with Gasteiger partial charge in [0, 0.05) is 28.6 Å². The molecular formula is C24H24ClF3N4O2. The summed E-state index contributed by atoms with van der Waals surface area (Å²) in [6.45, 7) is 2.39. The standard InChI is InChI=1S/C24H24ClF3N4O2/c25-17-8-6-15(7-9-17)18-12-21(24(26,27)28)32-22(29-18)13-19(30-32)23(33)34-14-16-4-3-11-31-10-2-1-5-20(16)31/h6-9,12-13,16,20H,1-5,10-11,14H2/t16-,20+/m0/s1. The van der Waals surface area contributed by atoms with Crippen LogP contribution in [0, 0.1) is 5.92 Å². The zero-order valence-corrected chi connectivity index (χ0v) is 19.1. The number of alkyl halides is 3. The van der Waals surface area contributed by atoms with E-state index >= 15 is 0 Å². The summed E-state index contributed by atoms with van der Waals surface area (Å²) in [5, 5.41) is 4.36. The number of carbonyl (C=O) groups is 1. The fraction of sp³-hybridized carbons (Fsp3) is 0.458. The molecule has 5 rings (SSSR count). The number of benzene rings is 1. The molecule has 0 radical (unpaired) electrons. The van der Waals surface area contributed by atoms with E-state index in [-0.39, 0.29) is 29.6 Å². The predicted molar refractivity (Wildman–Crippen MR) is 121 cm³/mol. The maximum atomic E-state index is 13.8. The topological polar surface area (TPSA) is 59.7 Å². The lowest BCUT2D eigenvalue weighted by Crippen LogP contribution is -2.49. The van der Waals surface area contributed by atoms with Gasteiger partial charge in [-0.05, 0) is 57.0 Å². The van der Waals surface area contributed by atoms with Crippen molar-refractivity contribution in [3.63, 3.8) is 0 Å². The van der Waals surface area contributed by atoms with Gasteiger partial charge in [0.05, 0.1) is 12.3 Å². The molecule has 6 nitrogen and oxygen atoms in total. The molecule has 2 aliphatic heterocycles. The summed E-state index contributed by atoms with van der Waals surface area (Å²) < 4.78 is 47.6. The number of esters is 1. The summed E-state index contributed by atoms with van der Waals surface area (Å²) >= 11 is 5.89. The molecule has 0 unspecified atom stereocenters. The summed E-state index contributed by atoms with van der Waals surface area (Å²) in [6, 6.07) is 8.89. The van der Waals surface area contributed by atoms with E-state index in [2.05, 4.69) is 15.0 Å². The summed E-state index contributed by atoms with van der Waals surface area (Å²) in [5.41, 5.74) is -0.718. The van der Waals surface area contributed by atoms with E-state index in [1.165, 1.54) is 18.9 Å². The second kappa shape index (κ2) is 9.19. The Hall–Kier alpha value is -2.65. The molecule has 0 aliphatic carbocycles. The van der Waals surface area contributed by atoms with E-state index < -0.39 is 17.8 Å². The largest absolute Gasteiger partial charge is 0.461 e. The van der Waals surface area contributed by atoms with Crippen LogP contribution < -0.4 is 0 Å². The van der Waals surface area contributed by atoms with Crippen molar-refractivity contribution < 1.29 is 22.7 Å². The van der Waals surface area contributed by atoms with Gasteiger partial charge in [0.2, 0.25) is 0 Å². The first kappa shape index (κ1) is 23.1. The summed E-state index contributed by atoms with van der Waals surface area (Å²) in [5.74, 6) is -0.505. The summed E-state index contributed by atoms with van der Waals surface area (Å²) in [7, 11) is 0. The van der Waals surface area contributed by atoms with Crippen LogP contribution in [0.1, 0.15) is 48.3 Å². The van der Waals surface area contributed by atoms with Gasteiger partial charge in [0.15, 0.2) is 17.0 Å². The Morgan fingerprint density at radius 2 is 1.85 bits per heavy atom. The first-order chi connectivity index (χ1) is 16.3. The molecule has 1 aromatic carbocycles. The monoisotopic (exact) mass is 492 g/mol. The van der Waals surface area contributed by atoms with Gasteiger partial charge < -0.3 is 4.74 Å². The number of nitrogens with zero attached hydrogens (tertiary/aromatic N) is 4. The van der Waals surface area contributed by atoms with E-state index in [1.54, 1.807) is 24.3 Å². The third-order valence-electron chi connectivity index (χ3n) is 6.72. The van der Waals surface area contributed by atoms with Gasteiger partial charge in [0.1, 0.15) is 0 Å². The zero-order valence-electron chi connectivity index (χ0n) is 18.4. The fourth-order valence-electron chi connectivity index (χ4n) is 5.07. The third-order valence-corrected chi connectivity index (χ3v) is 6.98. The zero-order chi connectivity index (χ0) is 23.9. The minimum atomic E-state index is -4.69. The molecule has 3 aromatic rings. The van der Waals surface area contributed by atoms with Crippen molar-refractivity contribution in [1.29, 1.82) is 0 Å². The highest BCUT2D eigenvalue weighted by Gasteiger charge is 2.36. The molecule has 0 N–H and O–H groups in total. The molecule has 2 aliphatic rings. The van der Waals surface area contributed by atoms with E-state index in [0.29, 0.717) is 21.1 Å². The number of aromatic nitrogens is 3. The molecule has 10 heteroatoms. The van der Waals surface area contributed by atoms with Gasteiger partial charge in [0.25, 0.3) is 0 Å². The molecule has 2 aromatic heterocycles. The molecule has 0 spiro atoms. The Balaban J connectivity index is 1.40. The van der Waals surface area contributed by atoms with Gasteiger partial charge >= 0.3 is 12.1 Å². The first-order valence-corrected chi connectivity index (χ1v) is 11.8. The molecule has 4 heterocycles. The van der Waals surface area contributed by atoms with E-state index in [0.717, 1.165) is 38.4 Å². The van der Waals surface area contributed by atoms with E-state index in [9.17, 15) is 18.0 Å². The SMILES string of the molecule is O=C(OC[C@@H]1CCCN2CCCC[C@H]12)c1cc2nc(-c3ccc(Cl)cc3)cc(C(F)(F)F)n2n1. The number of piperidine rings is 2. The Kier molecular flexibility index (Phi) is 6.24. The number of ether oxygens (including phenoxy) is 1. The second-order valence-corrected chi connectivity index (χ2v) is 9.37. The van der Waals surface area contributed by atoms with Crippen LogP contribution >= 0.6 is 11.6 Å². The highest BCUT2D eigenvalue weighted by atomic mass is 35.5. The first-order valence-electron chi connectivity index (χ1n) is 11.4. The number of carbonyl (C=O) groups excluding carboxylic acids is 1. The van der Waals surface area contributed by atoms with Crippen LogP contribution in [0.4, 0.5) is 13.2 Å². The van der Waals surface area contributed by atoms with E-state index in [4.69, 9.17) is 16.3 Å². The van der Waals surface area contributed by atoms with E-state index in [1.807, 2.05) is 0 Å². The van der Waals surface area contributed by atoms with Gasteiger partial charge in [-0.1, -0.05) is 30.2 Å². The molecule has 2 fully saturated rings. The summed E-state index contributed by atoms with van der Waals surface area (Å²) in [6.07, 6.45) is 0.783. The number of fused-ring (bicyclic) bond motifs is 2. The lowest BCUT2D eigenvalue weighted by Gasteiger charge is -2.44. The maximum absolute atomic E-state index is 13.8. The molecule has 180 valence electrons. The Bertz CT molecular complexity index is 1190.